The average molecular weight is 763 g/mol. The van der Waals surface area contributed by atoms with Crippen LogP contribution in [0.4, 0.5) is 18.2 Å². The zero-order valence-electron chi connectivity index (χ0n) is 29.4. The summed E-state index contributed by atoms with van der Waals surface area (Å²) in [5, 5.41) is 11.2. The lowest BCUT2D eigenvalue weighted by molar-refractivity contribution is -0.0958. The smallest absolute Gasteiger partial charge is 0.186 e. The number of benzene rings is 2. The molecule has 49 heavy (non-hydrogen) atoms. The fourth-order valence-electron chi connectivity index (χ4n) is 7.02. The van der Waals surface area contributed by atoms with Gasteiger partial charge in [0.05, 0.1) is 42.7 Å². The first-order valence-electron chi connectivity index (χ1n) is 17.1. The van der Waals surface area contributed by atoms with Crippen LogP contribution in [0, 0.1) is 23.0 Å². The van der Waals surface area contributed by atoms with Crippen molar-refractivity contribution in [2.24, 2.45) is 4.99 Å². The van der Waals surface area contributed by atoms with E-state index in [0.29, 0.717) is 63.4 Å². The number of alkyl halides is 1. The van der Waals surface area contributed by atoms with Gasteiger partial charge in [-0.2, -0.15) is 10.3 Å². The number of ether oxygens (including phenoxy) is 2. The molecule has 0 spiro atoms. The molecular weight excluding hydrogens is 715 g/mol. The number of hydrogen-bond donors (Lipinski definition) is 1. The number of methoxy groups -OCH3 is 1. The van der Waals surface area contributed by atoms with Crippen LogP contribution in [-0.4, -0.2) is 73.4 Å². The van der Waals surface area contributed by atoms with Crippen molar-refractivity contribution in [1.29, 1.82) is 5.26 Å². The van der Waals surface area contributed by atoms with Gasteiger partial charge in [0.25, 0.3) is 0 Å². The number of fused-ring (bicyclic) bond motifs is 4. The molecule has 2 aromatic carbocycles. The third-order valence-electron chi connectivity index (χ3n) is 9.20. The number of nitrogens with two attached hydrogens (primary N) is 1. The van der Waals surface area contributed by atoms with Crippen LogP contribution in [0.5, 0.6) is 0 Å². The summed E-state index contributed by atoms with van der Waals surface area (Å²) in [7, 11) is 1.54. The van der Waals surface area contributed by atoms with E-state index in [1.807, 2.05) is 33.8 Å². The Bertz CT molecular complexity index is 1820. The van der Waals surface area contributed by atoms with E-state index in [1.165, 1.54) is 25.0 Å². The maximum Gasteiger partial charge on any atom is 0.186 e. The quantitative estimate of drug-likeness (QED) is 0.218. The Morgan fingerprint density at radius 3 is 2.45 bits per heavy atom. The van der Waals surface area contributed by atoms with Gasteiger partial charge in [0, 0.05) is 45.4 Å². The minimum atomic E-state index is -0.518. The summed E-state index contributed by atoms with van der Waals surface area (Å²) < 4.78 is 55.3. The number of nitriles is 1. The molecule has 0 amide bonds. The molecule has 0 radical (unpaired) electrons. The van der Waals surface area contributed by atoms with Crippen LogP contribution in [0.25, 0.3) is 33.1 Å². The fourth-order valence-corrected chi connectivity index (χ4v) is 8.59. The lowest BCUT2D eigenvalue weighted by Crippen LogP contribution is -2.63. The summed E-state index contributed by atoms with van der Waals surface area (Å²) in [6.07, 6.45) is 5.49. The van der Waals surface area contributed by atoms with E-state index in [1.54, 1.807) is 27.0 Å². The second kappa shape index (κ2) is 17.2. The number of halogens is 4. The summed E-state index contributed by atoms with van der Waals surface area (Å²) in [5.74, 6) is 0.0492. The molecule has 5 heterocycles. The summed E-state index contributed by atoms with van der Waals surface area (Å²) >= 11 is 4.55. The number of thiophene rings is 1. The predicted molar refractivity (Wildman–Crippen MR) is 199 cm³/mol. The maximum atomic E-state index is 16.4. The van der Waals surface area contributed by atoms with Crippen molar-refractivity contribution in [2.45, 2.75) is 91.5 Å². The number of hydrogen-bond acceptors (Lipinski definition) is 8. The van der Waals surface area contributed by atoms with Gasteiger partial charge < -0.3 is 20.1 Å². The van der Waals surface area contributed by atoms with Gasteiger partial charge in [-0.3, -0.25) is 4.90 Å². The highest BCUT2D eigenvalue weighted by Gasteiger charge is 2.44. The number of anilines is 1. The van der Waals surface area contributed by atoms with Crippen molar-refractivity contribution >= 4 is 60.1 Å². The fraction of sp³-hybridized carbons (Fsp3) is 0.514. The van der Waals surface area contributed by atoms with E-state index in [9.17, 15) is 14.0 Å². The molecule has 7 rings (SSSR count). The topological polar surface area (TPSA) is 87.1 Å². The summed E-state index contributed by atoms with van der Waals surface area (Å²) in [4.78, 5) is 9.17. The zero-order valence-corrected chi connectivity index (χ0v) is 31.8. The van der Waals surface area contributed by atoms with E-state index in [0.717, 1.165) is 30.7 Å². The molecule has 1 aromatic heterocycles. The van der Waals surface area contributed by atoms with E-state index < -0.39 is 17.8 Å². The molecular formula is C37H47BrF3N5O2S. The molecule has 4 fully saturated rings. The van der Waals surface area contributed by atoms with E-state index >= 15 is 4.39 Å². The second-order valence-corrected chi connectivity index (χ2v) is 13.7. The Labute approximate surface area is 300 Å². The Morgan fingerprint density at radius 1 is 1.16 bits per heavy atom. The summed E-state index contributed by atoms with van der Waals surface area (Å²) in [6.45, 7) is 14.5. The molecule has 3 aromatic rings. The number of nitrogen functional groups attached to an aromatic ring is 1. The SMILES string of the molecule is CC.CC.C\C=c1/c(F)c(-c2ccc(F)c3sc(N)c(C#N)c23)c(Br)c/c1=C(/N=C(\C)OC)N1C2COCC1C2.FC1CC2CCCN2C1. The summed E-state index contributed by atoms with van der Waals surface area (Å²) in [5.41, 5.74) is 6.77. The molecule has 2 bridgehead atoms. The molecule has 4 aliphatic heterocycles. The highest BCUT2D eigenvalue weighted by Crippen LogP contribution is 2.43. The van der Waals surface area contributed by atoms with Crippen LogP contribution in [-0.2, 0) is 9.47 Å². The molecule has 4 aliphatic rings. The first-order valence-corrected chi connectivity index (χ1v) is 18.7. The van der Waals surface area contributed by atoms with Gasteiger partial charge in [0.2, 0.25) is 0 Å². The largest absolute Gasteiger partial charge is 0.484 e. The average Bonchev–Trinajstić information content (AvgIpc) is 3.80. The van der Waals surface area contributed by atoms with Gasteiger partial charge in [-0.25, -0.2) is 13.2 Å². The van der Waals surface area contributed by atoms with Crippen LogP contribution >= 0.6 is 27.3 Å². The van der Waals surface area contributed by atoms with Gasteiger partial charge in [0.15, 0.2) is 5.90 Å². The van der Waals surface area contributed by atoms with Gasteiger partial charge >= 0.3 is 0 Å². The Kier molecular flexibility index (Phi) is 13.6. The third kappa shape index (κ3) is 7.65. The molecule has 12 heteroatoms. The van der Waals surface area contributed by atoms with Crippen molar-refractivity contribution in [3.8, 4) is 17.2 Å². The Hall–Kier alpha value is -3.11. The molecule has 0 aliphatic carbocycles. The number of morpholine rings is 1. The lowest BCUT2D eigenvalue weighted by atomic mass is 9.91. The molecule has 4 unspecified atom stereocenters. The van der Waals surface area contributed by atoms with Crippen molar-refractivity contribution < 1.29 is 22.6 Å². The van der Waals surface area contributed by atoms with Crippen LogP contribution < -0.4 is 16.2 Å². The van der Waals surface area contributed by atoms with Crippen LogP contribution in [0.1, 0.15) is 72.8 Å². The van der Waals surface area contributed by atoms with Crippen molar-refractivity contribution in [3.63, 3.8) is 0 Å². The minimum Gasteiger partial charge on any atom is -0.484 e. The molecule has 266 valence electrons. The number of nitrogens with zero attached hydrogens (tertiary/aromatic N) is 4. The van der Waals surface area contributed by atoms with Crippen molar-refractivity contribution in [1.82, 2.24) is 9.80 Å². The highest BCUT2D eigenvalue weighted by molar-refractivity contribution is 9.10. The zero-order chi connectivity index (χ0) is 36.0. The van der Waals surface area contributed by atoms with Crippen molar-refractivity contribution in [3.05, 3.63) is 50.3 Å². The van der Waals surface area contributed by atoms with Crippen LogP contribution in [0.2, 0.25) is 0 Å². The minimum absolute atomic E-state index is 0.142. The first kappa shape index (κ1) is 38.7. The monoisotopic (exact) mass is 761 g/mol. The number of aliphatic imine (C=N–C) groups is 1. The molecule has 0 saturated carbocycles. The molecule has 7 nitrogen and oxygen atoms in total. The third-order valence-corrected chi connectivity index (χ3v) is 10.9. The number of rotatable bonds is 3. The van der Waals surface area contributed by atoms with E-state index in [-0.39, 0.29) is 32.9 Å². The maximum absolute atomic E-state index is 16.4. The Balaban J connectivity index is 0.000000350. The van der Waals surface area contributed by atoms with Crippen LogP contribution in [0.15, 0.2) is 27.7 Å². The van der Waals surface area contributed by atoms with E-state index in [2.05, 4.69) is 31.8 Å². The van der Waals surface area contributed by atoms with Gasteiger partial charge in [-0.15, -0.1) is 11.3 Å². The molecule has 4 atom stereocenters. The summed E-state index contributed by atoms with van der Waals surface area (Å²) in [6, 6.07) is 7.55. The molecule has 4 saturated heterocycles. The Morgan fingerprint density at radius 2 is 1.86 bits per heavy atom. The van der Waals surface area contributed by atoms with E-state index in [4.69, 9.17) is 20.2 Å². The standard InChI is InChI=1S/C26H23BrF2N4O2S.C7H12FN.2C2H6/c1-4-15-17(26(32-12(2)34-3)33-13-7-14(33)11-35-10-13)8-19(27)22(23(15)29)16-5-6-20(28)24-21(16)18(9-30)25(31)36-24;8-6-4-7-2-1-3-9(7)5-6;2*1-2/h4-6,8,13-14H,7,10-11,31H2,1-3H3;6-7H,1-5H2;2*1-2H3/b15-4-,26-17+,32-12+;;;. The normalized spacial score (nSPS) is 23.6. The van der Waals surface area contributed by atoms with Gasteiger partial charge in [0.1, 0.15) is 34.7 Å². The van der Waals surface area contributed by atoms with Gasteiger partial charge in [-0.1, -0.05) is 55.8 Å². The van der Waals surface area contributed by atoms with Crippen LogP contribution in [0.3, 0.4) is 0 Å². The highest BCUT2D eigenvalue weighted by atomic mass is 79.9. The van der Waals surface area contributed by atoms with Crippen molar-refractivity contribution in [2.75, 3.05) is 39.1 Å². The lowest BCUT2D eigenvalue weighted by Gasteiger charge is -2.53. The van der Waals surface area contributed by atoms with Gasteiger partial charge in [-0.05, 0) is 56.8 Å². The first-order chi connectivity index (χ1) is 23.7. The second-order valence-electron chi connectivity index (χ2n) is 11.8. The molecule has 2 N–H and O–H groups in total. The predicted octanol–water partition coefficient (Wildman–Crippen LogP) is 7.71.